The number of benzene rings is 2. The topological polar surface area (TPSA) is 66.9 Å². The Morgan fingerprint density at radius 1 is 1.00 bits per heavy atom. The molecule has 2 aromatic carbocycles. The number of sulfonamides is 1. The molecule has 1 fully saturated rings. The fourth-order valence-electron chi connectivity index (χ4n) is 2.84. The van der Waals surface area contributed by atoms with Crippen molar-refractivity contribution in [1.82, 2.24) is 9.21 Å². The summed E-state index contributed by atoms with van der Waals surface area (Å²) in [6, 6.07) is 9.64. The molecule has 0 bridgehead atoms. The number of hydrogen-bond acceptors (Lipinski definition) is 4. The molecule has 1 amide bonds. The second-order valence-corrected chi connectivity index (χ2v) is 8.40. The van der Waals surface area contributed by atoms with Crippen LogP contribution in [0.4, 0.5) is 8.78 Å². The van der Waals surface area contributed by atoms with E-state index in [2.05, 4.69) is 0 Å². The number of amides is 1. The van der Waals surface area contributed by atoms with Gasteiger partial charge >= 0.3 is 0 Å². The first-order chi connectivity index (χ1) is 13.3. The fourth-order valence-corrected chi connectivity index (χ4v) is 4.26. The number of halogens is 2. The average Bonchev–Trinajstić information content (AvgIpc) is 2.69. The summed E-state index contributed by atoms with van der Waals surface area (Å²) in [6.45, 7) is 2.34. The molecule has 3 rings (SSSR count). The van der Waals surface area contributed by atoms with Crippen LogP contribution in [0.2, 0.25) is 0 Å². The Morgan fingerprint density at radius 2 is 1.64 bits per heavy atom. The van der Waals surface area contributed by atoms with E-state index < -0.39 is 21.7 Å². The van der Waals surface area contributed by atoms with Crippen LogP contribution in [-0.2, 0) is 14.8 Å². The largest absolute Gasteiger partial charge is 0.484 e. The minimum Gasteiger partial charge on any atom is -0.484 e. The first-order valence-electron chi connectivity index (χ1n) is 8.70. The number of piperazine rings is 1. The maximum atomic E-state index is 13.2. The van der Waals surface area contributed by atoms with Crippen LogP contribution in [0.25, 0.3) is 0 Å². The Labute approximate surface area is 162 Å². The van der Waals surface area contributed by atoms with Crippen molar-refractivity contribution in [3.8, 4) is 5.75 Å². The van der Waals surface area contributed by atoms with Crippen molar-refractivity contribution in [2.45, 2.75) is 11.8 Å². The Hall–Kier alpha value is -2.52. The maximum absolute atomic E-state index is 13.2. The molecule has 2 aromatic rings. The molecule has 1 saturated heterocycles. The molecule has 0 saturated carbocycles. The first-order valence-corrected chi connectivity index (χ1v) is 10.1. The lowest BCUT2D eigenvalue weighted by atomic mass is 10.2. The molecule has 0 spiro atoms. The van der Waals surface area contributed by atoms with Gasteiger partial charge in [-0.2, -0.15) is 4.31 Å². The zero-order valence-corrected chi connectivity index (χ0v) is 16.1. The van der Waals surface area contributed by atoms with Crippen LogP contribution in [0.15, 0.2) is 47.4 Å². The van der Waals surface area contributed by atoms with Crippen molar-refractivity contribution >= 4 is 15.9 Å². The van der Waals surface area contributed by atoms with Crippen molar-refractivity contribution in [2.75, 3.05) is 32.8 Å². The number of aryl methyl sites for hydroxylation is 1. The average molecular weight is 410 g/mol. The molecule has 0 N–H and O–H groups in total. The smallest absolute Gasteiger partial charge is 0.260 e. The van der Waals surface area contributed by atoms with E-state index in [-0.39, 0.29) is 49.3 Å². The van der Waals surface area contributed by atoms with Gasteiger partial charge < -0.3 is 9.64 Å². The van der Waals surface area contributed by atoms with Gasteiger partial charge in [-0.3, -0.25) is 4.79 Å². The predicted molar refractivity (Wildman–Crippen MR) is 98.4 cm³/mol. The summed E-state index contributed by atoms with van der Waals surface area (Å²) in [5.74, 6) is -2.35. The van der Waals surface area contributed by atoms with Gasteiger partial charge in [0, 0.05) is 32.2 Å². The molecule has 1 aliphatic heterocycles. The number of hydrogen-bond donors (Lipinski definition) is 0. The van der Waals surface area contributed by atoms with Crippen LogP contribution in [0.1, 0.15) is 5.56 Å². The monoisotopic (exact) mass is 410 g/mol. The maximum Gasteiger partial charge on any atom is 0.260 e. The Bertz CT molecular complexity index is 956. The van der Waals surface area contributed by atoms with Crippen LogP contribution in [-0.4, -0.2) is 56.3 Å². The second kappa shape index (κ2) is 8.24. The molecule has 0 unspecified atom stereocenters. The molecule has 0 radical (unpaired) electrons. The summed E-state index contributed by atoms with van der Waals surface area (Å²) in [4.78, 5) is 14.0. The van der Waals surface area contributed by atoms with Gasteiger partial charge in [-0.05, 0) is 31.2 Å². The van der Waals surface area contributed by atoms with Crippen LogP contribution in [0, 0.1) is 18.6 Å². The van der Waals surface area contributed by atoms with Crippen molar-refractivity contribution in [2.24, 2.45) is 0 Å². The van der Waals surface area contributed by atoms with Gasteiger partial charge in [0.25, 0.3) is 5.91 Å². The van der Waals surface area contributed by atoms with E-state index in [0.29, 0.717) is 0 Å². The van der Waals surface area contributed by atoms with Gasteiger partial charge in [-0.1, -0.05) is 17.7 Å². The standard InChI is InChI=1S/C19H20F2N2O4S/c1-14-2-5-16(6-3-14)28(25,26)23-10-8-22(9-11-23)19(24)13-27-15-4-7-17(20)18(21)12-15/h2-7,12H,8-11,13H2,1H3. The number of carbonyl (C=O) groups is 1. The van der Waals surface area contributed by atoms with Crippen molar-refractivity contribution in [1.29, 1.82) is 0 Å². The van der Waals surface area contributed by atoms with Crippen LogP contribution in [0.3, 0.4) is 0 Å². The highest BCUT2D eigenvalue weighted by Gasteiger charge is 2.30. The summed E-state index contributed by atoms with van der Waals surface area (Å²) < 4.78 is 58.0. The zero-order valence-electron chi connectivity index (χ0n) is 15.3. The second-order valence-electron chi connectivity index (χ2n) is 6.46. The molecule has 150 valence electrons. The number of carbonyl (C=O) groups excluding carboxylic acids is 1. The lowest BCUT2D eigenvalue weighted by Gasteiger charge is -2.34. The molecular weight excluding hydrogens is 390 g/mol. The number of rotatable bonds is 5. The minimum absolute atomic E-state index is 0.0489. The Kier molecular flexibility index (Phi) is 5.95. The van der Waals surface area contributed by atoms with E-state index in [1.165, 1.54) is 15.3 Å². The van der Waals surface area contributed by atoms with Gasteiger partial charge in [-0.15, -0.1) is 0 Å². The van der Waals surface area contributed by atoms with Crippen LogP contribution in [0.5, 0.6) is 5.75 Å². The van der Waals surface area contributed by atoms with Crippen LogP contribution >= 0.6 is 0 Å². The summed E-state index contributed by atoms with van der Waals surface area (Å²) in [5, 5.41) is 0. The van der Waals surface area contributed by atoms with Crippen molar-refractivity contribution < 1.29 is 26.7 Å². The molecule has 1 aliphatic rings. The summed E-state index contributed by atoms with van der Waals surface area (Å²) >= 11 is 0. The normalized spacial score (nSPS) is 15.5. The number of nitrogens with zero attached hydrogens (tertiary/aromatic N) is 2. The highest BCUT2D eigenvalue weighted by molar-refractivity contribution is 7.89. The summed E-state index contributed by atoms with van der Waals surface area (Å²) in [5.41, 5.74) is 0.968. The van der Waals surface area contributed by atoms with Gasteiger partial charge in [0.05, 0.1) is 4.90 Å². The highest BCUT2D eigenvalue weighted by Crippen LogP contribution is 2.19. The van der Waals surface area contributed by atoms with Crippen LogP contribution < -0.4 is 4.74 Å². The molecule has 1 heterocycles. The molecule has 0 aliphatic carbocycles. The Balaban J connectivity index is 1.55. The third-order valence-corrected chi connectivity index (χ3v) is 6.42. The SMILES string of the molecule is Cc1ccc(S(=O)(=O)N2CCN(C(=O)COc3ccc(F)c(F)c3)CC2)cc1. The molecule has 9 heteroatoms. The quantitative estimate of drug-likeness (QED) is 0.758. The van der Waals surface area contributed by atoms with Gasteiger partial charge in [0.15, 0.2) is 18.2 Å². The third-order valence-electron chi connectivity index (χ3n) is 4.50. The summed E-state index contributed by atoms with van der Waals surface area (Å²) in [6.07, 6.45) is 0. The Morgan fingerprint density at radius 3 is 2.25 bits per heavy atom. The molecule has 0 atom stereocenters. The van der Waals surface area contributed by atoms with E-state index in [4.69, 9.17) is 4.74 Å². The zero-order chi connectivity index (χ0) is 20.3. The molecular formula is C19H20F2N2O4S. The van der Waals surface area contributed by atoms with Crippen molar-refractivity contribution in [3.05, 3.63) is 59.7 Å². The van der Waals surface area contributed by atoms with Gasteiger partial charge in [0.2, 0.25) is 10.0 Å². The van der Waals surface area contributed by atoms with E-state index in [0.717, 1.165) is 17.7 Å². The molecule has 28 heavy (non-hydrogen) atoms. The van der Waals surface area contributed by atoms with E-state index in [1.807, 2.05) is 6.92 Å². The van der Waals surface area contributed by atoms with Gasteiger partial charge in [0.1, 0.15) is 5.75 Å². The lowest BCUT2D eigenvalue weighted by Crippen LogP contribution is -2.51. The van der Waals surface area contributed by atoms with Crippen molar-refractivity contribution in [3.63, 3.8) is 0 Å². The first kappa shape index (κ1) is 20.2. The van der Waals surface area contributed by atoms with E-state index in [1.54, 1.807) is 24.3 Å². The van der Waals surface area contributed by atoms with E-state index >= 15 is 0 Å². The fraction of sp³-hybridized carbons (Fsp3) is 0.316. The minimum atomic E-state index is -3.61. The molecule has 6 nitrogen and oxygen atoms in total. The molecule has 0 aromatic heterocycles. The highest BCUT2D eigenvalue weighted by atomic mass is 32.2. The lowest BCUT2D eigenvalue weighted by molar-refractivity contribution is -0.134. The van der Waals surface area contributed by atoms with E-state index in [9.17, 15) is 22.0 Å². The third kappa shape index (κ3) is 4.48. The number of ether oxygens (including phenoxy) is 1. The predicted octanol–water partition coefficient (Wildman–Crippen LogP) is 2.19. The van der Waals surface area contributed by atoms with Gasteiger partial charge in [-0.25, -0.2) is 17.2 Å². The summed E-state index contributed by atoms with van der Waals surface area (Å²) in [7, 11) is -3.61.